The van der Waals surface area contributed by atoms with Crippen LogP contribution < -0.4 is 10.2 Å². The van der Waals surface area contributed by atoms with Gasteiger partial charge in [-0.3, -0.25) is 4.79 Å². The third-order valence-electron chi connectivity index (χ3n) is 4.46. The number of benzene rings is 1. The molecule has 2 aromatic heterocycles. The first-order valence-corrected chi connectivity index (χ1v) is 9.99. The lowest BCUT2D eigenvalue weighted by molar-refractivity contribution is -0.907. The molecule has 7 nitrogen and oxygen atoms in total. The maximum atomic E-state index is 12.5. The highest BCUT2D eigenvalue weighted by atomic mass is 32.1. The summed E-state index contributed by atoms with van der Waals surface area (Å²) in [5.74, 6) is 0.955. The summed E-state index contributed by atoms with van der Waals surface area (Å²) in [5.41, 5.74) is 3.15. The van der Waals surface area contributed by atoms with Crippen LogP contribution in [0.4, 0.5) is 5.69 Å². The normalized spacial score (nSPS) is 12.1. The van der Waals surface area contributed by atoms with Gasteiger partial charge in [-0.15, -0.1) is 21.5 Å². The molecule has 0 saturated carbocycles. The van der Waals surface area contributed by atoms with Gasteiger partial charge >= 0.3 is 0 Å². The largest absolute Gasteiger partial charge is 0.414 e. The molecule has 0 radical (unpaired) electrons. The molecule has 148 valence electrons. The fraction of sp³-hybridized carbons (Fsp3) is 0.350. The molecule has 1 atom stereocenters. The van der Waals surface area contributed by atoms with Crippen molar-refractivity contribution in [2.45, 2.75) is 20.4 Å². The summed E-state index contributed by atoms with van der Waals surface area (Å²) in [4.78, 5) is 14.5. The van der Waals surface area contributed by atoms with E-state index in [9.17, 15) is 4.79 Å². The van der Waals surface area contributed by atoms with Crippen LogP contribution in [-0.2, 0) is 16.1 Å². The quantitative estimate of drug-likeness (QED) is 0.574. The fourth-order valence-corrected chi connectivity index (χ4v) is 3.42. The average Bonchev–Trinajstić information content (AvgIpc) is 3.34. The molecule has 8 heteroatoms. The van der Waals surface area contributed by atoms with Gasteiger partial charge in [0.1, 0.15) is 6.54 Å². The van der Waals surface area contributed by atoms with Crippen LogP contribution in [0.5, 0.6) is 0 Å². The molecule has 0 saturated heterocycles. The predicted octanol–water partition coefficient (Wildman–Crippen LogP) is 2.08. The van der Waals surface area contributed by atoms with E-state index in [1.807, 2.05) is 49.6 Å². The fourth-order valence-electron chi connectivity index (χ4n) is 2.78. The second-order valence-corrected chi connectivity index (χ2v) is 7.62. The molecule has 3 aromatic rings. The van der Waals surface area contributed by atoms with Gasteiger partial charge in [-0.25, -0.2) is 0 Å². The number of ether oxygens (including phenoxy) is 1. The van der Waals surface area contributed by atoms with Gasteiger partial charge in [-0.2, -0.15) is 0 Å². The van der Waals surface area contributed by atoms with Crippen LogP contribution in [0.2, 0.25) is 0 Å². The van der Waals surface area contributed by atoms with Crippen LogP contribution in [0, 0.1) is 13.8 Å². The molecular weight excluding hydrogens is 376 g/mol. The summed E-state index contributed by atoms with van der Waals surface area (Å²) in [7, 11) is 1.65. The van der Waals surface area contributed by atoms with E-state index in [4.69, 9.17) is 9.15 Å². The van der Waals surface area contributed by atoms with Gasteiger partial charge in [0.2, 0.25) is 0 Å². The first kappa shape index (κ1) is 20.2. The number of hydrogen-bond donors (Lipinski definition) is 2. The molecule has 0 bridgehead atoms. The lowest BCUT2D eigenvalue weighted by Crippen LogP contribution is -3.12. The highest BCUT2D eigenvalue weighted by Crippen LogP contribution is 2.22. The van der Waals surface area contributed by atoms with Gasteiger partial charge in [0.25, 0.3) is 17.7 Å². The molecule has 0 fully saturated rings. The van der Waals surface area contributed by atoms with Crippen LogP contribution in [0.3, 0.4) is 0 Å². The first-order chi connectivity index (χ1) is 13.5. The smallest absolute Gasteiger partial charge is 0.279 e. The minimum absolute atomic E-state index is 0.0626. The number of anilines is 1. The standard InChI is InChI=1S/C20H24N4O3S/c1-14-6-7-16(11-15(14)2)21-18(25)12-24(8-9-26-3)13-19-22-23-20(27-19)17-5-4-10-28-17/h4-7,10-11H,8-9,12-13H2,1-3H3,(H,21,25)/p+1. The van der Waals surface area contributed by atoms with E-state index in [1.165, 1.54) is 5.56 Å². The third-order valence-corrected chi connectivity index (χ3v) is 5.32. The molecule has 2 N–H and O–H groups in total. The lowest BCUT2D eigenvalue weighted by atomic mass is 10.1. The van der Waals surface area contributed by atoms with Gasteiger partial charge in [-0.05, 0) is 48.6 Å². The second-order valence-electron chi connectivity index (χ2n) is 6.67. The summed E-state index contributed by atoms with van der Waals surface area (Å²) in [6.45, 7) is 6.02. The number of quaternary nitrogens is 1. The Hall–Kier alpha value is -2.55. The van der Waals surface area contributed by atoms with Crippen molar-refractivity contribution >= 4 is 22.9 Å². The number of nitrogens with zero attached hydrogens (tertiary/aromatic N) is 2. The van der Waals surface area contributed by atoms with Gasteiger partial charge in [0.15, 0.2) is 13.1 Å². The first-order valence-electron chi connectivity index (χ1n) is 9.11. The van der Waals surface area contributed by atoms with Crippen molar-refractivity contribution < 1.29 is 18.8 Å². The number of hydrogen-bond acceptors (Lipinski definition) is 6. The van der Waals surface area contributed by atoms with E-state index in [0.717, 1.165) is 21.0 Å². The predicted molar refractivity (Wildman–Crippen MR) is 108 cm³/mol. The Morgan fingerprint density at radius 1 is 1.25 bits per heavy atom. The number of nitrogens with one attached hydrogen (secondary N) is 2. The van der Waals surface area contributed by atoms with Crippen LogP contribution in [0.25, 0.3) is 10.8 Å². The average molecular weight is 402 g/mol. The molecular formula is C20H25N4O3S+. The molecule has 0 spiro atoms. The molecule has 1 aromatic carbocycles. The molecule has 2 heterocycles. The van der Waals surface area contributed by atoms with Crippen molar-refractivity contribution in [1.29, 1.82) is 0 Å². The molecule has 1 unspecified atom stereocenters. The van der Waals surface area contributed by atoms with Crippen molar-refractivity contribution in [1.82, 2.24) is 10.2 Å². The van der Waals surface area contributed by atoms with E-state index < -0.39 is 0 Å². The van der Waals surface area contributed by atoms with E-state index in [0.29, 0.717) is 31.5 Å². The summed E-state index contributed by atoms with van der Waals surface area (Å²) < 4.78 is 10.9. The van der Waals surface area contributed by atoms with Crippen LogP contribution >= 0.6 is 11.3 Å². The van der Waals surface area contributed by atoms with Gasteiger partial charge in [0, 0.05) is 12.8 Å². The monoisotopic (exact) mass is 401 g/mol. The molecule has 0 aliphatic rings. The lowest BCUT2D eigenvalue weighted by Gasteiger charge is -2.17. The summed E-state index contributed by atoms with van der Waals surface area (Å²) >= 11 is 1.55. The zero-order chi connectivity index (χ0) is 19.9. The van der Waals surface area contributed by atoms with Gasteiger partial charge < -0.3 is 19.4 Å². The van der Waals surface area contributed by atoms with E-state index in [2.05, 4.69) is 15.5 Å². The highest BCUT2D eigenvalue weighted by molar-refractivity contribution is 7.13. The number of carbonyl (C=O) groups is 1. The maximum absolute atomic E-state index is 12.5. The van der Waals surface area contributed by atoms with Crippen molar-refractivity contribution in [3.8, 4) is 10.8 Å². The molecule has 0 aliphatic heterocycles. The molecule has 3 rings (SSSR count). The van der Waals surface area contributed by atoms with Crippen molar-refractivity contribution in [3.05, 3.63) is 52.7 Å². The van der Waals surface area contributed by atoms with Crippen molar-refractivity contribution in [2.24, 2.45) is 0 Å². The topological polar surface area (TPSA) is 81.7 Å². The summed E-state index contributed by atoms with van der Waals surface area (Å²) in [6.07, 6.45) is 0. The highest BCUT2D eigenvalue weighted by Gasteiger charge is 2.19. The number of rotatable bonds is 9. The Balaban J connectivity index is 1.62. The van der Waals surface area contributed by atoms with E-state index in [1.54, 1.807) is 18.4 Å². The van der Waals surface area contributed by atoms with Gasteiger partial charge in [-0.1, -0.05) is 12.1 Å². The van der Waals surface area contributed by atoms with Crippen molar-refractivity contribution in [3.63, 3.8) is 0 Å². The summed E-state index contributed by atoms with van der Waals surface area (Å²) in [5, 5.41) is 13.2. The van der Waals surface area contributed by atoms with E-state index >= 15 is 0 Å². The Kier molecular flexibility index (Phi) is 6.91. The minimum atomic E-state index is -0.0626. The van der Waals surface area contributed by atoms with Crippen LogP contribution in [0.1, 0.15) is 17.0 Å². The van der Waals surface area contributed by atoms with Gasteiger partial charge in [0.05, 0.1) is 11.5 Å². The molecule has 0 aliphatic carbocycles. The Morgan fingerprint density at radius 2 is 2.11 bits per heavy atom. The number of amides is 1. The van der Waals surface area contributed by atoms with E-state index in [-0.39, 0.29) is 12.5 Å². The minimum Gasteiger partial charge on any atom is -0.414 e. The number of carbonyl (C=O) groups excluding carboxylic acids is 1. The SMILES string of the molecule is COCC[NH+](CC(=O)Nc1ccc(C)c(C)c1)Cc1nnc(-c2cccs2)o1. The Morgan fingerprint density at radius 3 is 2.82 bits per heavy atom. The number of methoxy groups -OCH3 is 1. The number of aromatic nitrogens is 2. The zero-order valence-corrected chi connectivity index (χ0v) is 17.1. The maximum Gasteiger partial charge on any atom is 0.279 e. The van der Waals surface area contributed by atoms with Crippen LogP contribution in [-0.4, -0.2) is 42.9 Å². The summed E-state index contributed by atoms with van der Waals surface area (Å²) in [6, 6.07) is 9.78. The van der Waals surface area contributed by atoms with Crippen LogP contribution in [0.15, 0.2) is 40.1 Å². The molecule has 28 heavy (non-hydrogen) atoms. The zero-order valence-electron chi connectivity index (χ0n) is 16.3. The number of thiophene rings is 1. The third kappa shape index (κ3) is 5.48. The Bertz CT molecular complexity index is 908. The Labute approximate surface area is 168 Å². The van der Waals surface area contributed by atoms with Crippen molar-refractivity contribution in [2.75, 3.05) is 32.1 Å². The number of aryl methyl sites for hydroxylation is 2. The molecule has 1 amide bonds. The second kappa shape index (κ2) is 9.59.